The van der Waals surface area contributed by atoms with Crippen molar-refractivity contribution in [2.24, 2.45) is 0 Å². The van der Waals surface area contributed by atoms with Crippen LogP contribution in [0.3, 0.4) is 0 Å². The second kappa shape index (κ2) is 8.68. The van der Waals surface area contributed by atoms with E-state index in [1.54, 1.807) is 30.3 Å². The molecule has 0 saturated carbocycles. The van der Waals surface area contributed by atoms with Crippen molar-refractivity contribution in [3.8, 4) is 22.7 Å². The first-order chi connectivity index (χ1) is 14.4. The van der Waals surface area contributed by atoms with E-state index in [1.807, 2.05) is 0 Å². The molecular weight excluding hydrogens is 405 g/mol. The average molecular weight is 420 g/mol. The Kier molecular flexibility index (Phi) is 6.05. The molecule has 0 N–H and O–H groups in total. The molecule has 7 nitrogen and oxygen atoms in total. The summed E-state index contributed by atoms with van der Waals surface area (Å²) in [6.07, 6.45) is 0. The molecule has 0 spiro atoms. The van der Waals surface area contributed by atoms with Crippen molar-refractivity contribution in [1.29, 1.82) is 0 Å². The molecule has 0 radical (unpaired) electrons. The number of benzene rings is 2. The zero-order chi connectivity index (χ0) is 21.8. The van der Waals surface area contributed by atoms with Gasteiger partial charge in [0, 0.05) is 5.56 Å². The first-order valence-corrected chi connectivity index (χ1v) is 8.47. The Labute approximate surface area is 168 Å². The predicted molar refractivity (Wildman–Crippen MR) is 98.3 cm³/mol. The van der Waals surface area contributed by atoms with Gasteiger partial charge in [-0.1, -0.05) is 18.2 Å². The highest BCUT2D eigenvalue weighted by atomic mass is 19.3. The van der Waals surface area contributed by atoms with Crippen LogP contribution < -0.4 is 4.74 Å². The van der Waals surface area contributed by atoms with Crippen molar-refractivity contribution < 1.29 is 37.0 Å². The number of rotatable bonds is 6. The van der Waals surface area contributed by atoms with Crippen LogP contribution in [-0.4, -0.2) is 42.6 Å². The summed E-state index contributed by atoms with van der Waals surface area (Å²) in [4.78, 5) is 25.1. The summed E-state index contributed by atoms with van der Waals surface area (Å²) in [6, 6.07) is 11.0. The molecule has 30 heavy (non-hydrogen) atoms. The van der Waals surface area contributed by atoms with Crippen molar-refractivity contribution in [2.45, 2.75) is 6.61 Å². The molecule has 2 aromatic carbocycles. The summed E-state index contributed by atoms with van der Waals surface area (Å²) in [7, 11) is 2.16. The Hall–Kier alpha value is -3.82. The fraction of sp³-hybridized carbons (Fsp3) is 0.150. The van der Waals surface area contributed by atoms with E-state index in [9.17, 15) is 22.8 Å². The van der Waals surface area contributed by atoms with Crippen LogP contribution in [0.5, 0.6) is 5.75 Å². The first-order valence-electron chi connectivity index (χ1n) is 8.47. The lowest BCUT2D eigenvalue weighted by Gasteiger charge is -2.10. The largest absolute Gasteiger partial charge is 0.465 e. The molecule has 1 aromatic heterocycles. The van der Waals surface area contributed by atoms with Gasteiger partial charge in [0.1, 0.15) is 22.8 Å². The minimum absolute atomic E-state index is 0.268. The zero-order valence-corrected chi connectivity index (χ0v) is 15.8. The fourth-order valence-corrected chi connectivity index (χ4v) is 2.83. The van der Waals surface area contributed by atoms with Crippen LogP contribution in [0.1, 0.15) is 20.8 Å². The normalized spacial score (nSPS) is 10.7. The molecule has 3 rings (SSSR count). The van der Waals surface area contributed by atoms with Crippen LogP contribution >= 0.6 is 0 Å². The quantitative estimate of drug-likeness (QED) is 0.564. The van der Waals surface area contributed by atoms with Gasteiger partial charge in [0.2, 0.25) is 0 Å². The van der Waals surface area contributed by atoms with Crippen LogP contribution in [-0.2, 0) is 9.47 Å². The molecule has 0 fully saturated rings. The third-order valence-corrected chi connectivity index (χ3v) is 4.07. The molecule has 0 aliphatic rings. The number of carbonyl (C=O) groups excluding carboxylic acids is 2. The van der Waals surface area contributed by atoms with Gasteiger partial charge in [0.15, 0.2) is 5.69 Å². The smallest absolute Gasteiger partial charge is 0.387 e. The number of carbonyl (C=O) groups is 2. The number of nitrogens with zero attached hydrogens (tertiary/aromatic N) is 2. The Balaban J connectivity index is 2.38. The predicted octanol–water partition coefficient (Wildman–Crippen LogP) is 3.85. The Morgan fingerprint density at radius 2 is 1.67 bits per heavy atom. The number of alkyl halides is 2. The molecule has 156 valence electrons. The van der Waals surface area contributed by atoms with Crippen LogP contribution in [0.25, 0.3) is 16.9 Å². The molecule has 10 heteroatoms. The maximum absolute atomic E-state index is 14.0. The van der Waals surface area contributed by atoms with Gasteiger partial charge in [-0.25, -0.2) is 18.7 Å². The van der Waals surface area contributed by atoms with Gasteiger partial charge in [-0.05, 0) is 30.3 Å². The van der Waals surface area contributed by atoms with Crippen molar-refractivity contribution >= 4 is 11.9 Å². The van der Waals surface area contributed by atoms with Crippen molar-refractivity contribution in [3.63, 3.8) is 0 Å². The van der Waals surface area contributed by atoms with Gasteiger partial charge < -0.3 is 14.2 Å². The highest BCUT2D eigenvalue weighted by Crippen LogP contribution is 2.36. The lowest BCUT2D eigenvalue weighted by atomic mass is 10.0. The van der Waals surface area contributed by atoms with Crippen LogP contribution in [0.4, 0.5) is 13.2 Å². The molecular formula is C20H15F3N2O5. The Morgan fingerprint density at radius 1 is 1.00 bits per heavy atom. The van der Waals surface area contributed by atoms with Crippen molar-refractivity contribution in [1.82, 2.24) is 9.78 Å². The number of methoxy groups -OCH3 is 2. The molecule has 0 unspecified atom stereocenters. The van der Waals surface area contributed by atoms with E-state index in [0.29, 0.717) is 5.69 Å². The minimum Gasteiger partial charge on any atom is -0.465 e. The fourth-order valence-electron chi connectivity index (χ4n) is 2.83. The lowest BCUT2D eigenvalue weighted by Crippen LogP contribution is -2.15. The summed E-state index contributed by atoms with van der Waals surface area (Å²) >= 11 is 0. The number of ether oxygens (including phenoxy) is 3. The average Bonchev–Trinajstić information content (AvgIpc) is 3.14. The number of esters is 2. The van der Waals surface area contributed by atoms with Crippen molar-refractivity contribution in [2.75, 3.05) is 14.2 Å². The monoisotopic (exact) mass is 420 g/mol. The molecule has 0 atom stereocenters. The molecule has 0 saturated heterocycles. The number of halogens is 3. The van der Waals surface area contributed by atoms with Crippen LogP contribution in [0.2, 0.25) is 0 Å². The topological polar surface area (TPSA) is 79.7 Å². The van der Waals surface area contributed by atoms with Crippen LogP contribution in [0.15, 0.2) is 48.5 Å². The van der Waals surface area contributed by atoms with Crippen LogP contribution in [0, 0.1) is 5.82 Å². The maximum atomic E-state index is 14.0. The summed E-state index contributed by atoms with van der Waals surface area (Å²) in [5, 5.41) is 4.22. The molecule has 1 heterocycles. The molecule has 3 aromatic rings. The van der Waals surface area contributed by atoms with Gasteiger partial charge in [0.25, 0.3) is 0 Å². The van der Waals surface area contributed by atoms with Gasteiger partial charge in [-0.15, -0.1) is 0 Å². The van der Waals surface area contributed by atoms with E-state index in [-0.39, 0.29) is 17.0 Å². The maximum Gasteiger partial charge on any atom is 0.387 e. The van der Waals surface area contributed by atoms with E-state index < -0.39 is 35.7 Å². The molecule has 0 amide bonds. The summed E-state index contributed by atoms with van der Waals surface area (Å²) < 4.78 is 54.7. The Morgan fingerprint density at radius 3 is 2.27 bits per heavy atom. The summed E-state index contributed by atoms with van der Waals surface area (Å²) in [5.74, 6) is -3.17. The number of hydrogen-bond acceptors (Lipinski definition) is 6. The SMILES string of the molecule is COC(=O)c1c(-c2cc(F)ccc2OC(F)F)nn(-c2ccccc2)c1C(=O)OC. The third kappa shape index (κ3) is 3.97. The van der Waals surface area contributed by atoms with Crippen molar-refractivity contribution in [3.05, 3.63) is 65.6 Å². The van der Waals surface area contributed by atoms with E-state index in [0.717, 1.165) is 37.1 Å². The van der Waals surface area contributed by atoms with E-state index in [4.69, 9.17) is 9.47 Å². The summed E-state index contributed by atoms with van der Waals surface area (Å²) in [5.41, 5.74) is -0.908. The van der Waals surface area contributed by atoms with E-state index in [2.05, 4.69) is 9.84 Å². The minimum atomic E-state index is -3.22. The second-order valence-corrected chi connectivity index (χ2v) is 5.82. The third-order valence-electron chi connectivity index (χ3n) is 4.07. The molecule has 0 aliphatic carbocycles. The van der Waals surface area contributed by atoms with Gasteiger partial charge in [-0.2, -0.15) is 13.9 Å². The zero-order valence-electron chi connectivity index (χ0n) is 15.8. The highest BCUT2D eigenvalue weighted by Gasteiger charge is 2.32. The number of para-hydroxylation sites is 1. The highest BCUT2D eigenvalue weighted by molar-refractivity contribution is 6.07. The van der Waals surface area contributed by atoms with Gasteiger partial charge >= 0.3 is 18.6 Å². The van der Waals surface area contributed by atoms with Gasteiger partial charge in [0.05, 0.1) is 19.9 Å². The van der Waals surface area contributed by atoms with E-state index >= 15 is 0 Å². The lowest BCUT2D eigenvalue weighted by molar-refractivity contribution is -0.0495. The Bertz CT molecular complexity index is 1080. The summed E-state index contributed by atoms with van der Waals surface area (Å²) in [6.45, 7) is -3.22. The second-order valence-electron chi connectivity index (χ2n) is 5.82. The van der Waals surface area contributed by atoms with E-state index in [1.165, 1.54) is 0 Å². The molecule has 0 bridgehead atoms. The number of aromatic nitrogens is 2. The standard InChI is InChI=1S/C20H15F3N2O5/c1-28-18(26)15-16(13-10-11(21)8-9-14(13)30-20(22)23)24-25(17(15)19(27)29-2)12-6-4-3-5-7-12/h3-10,20H,1-2H3. The first kappa shape index (κ1) is 20.9. The molecule has 0 aliphatic heterocycles. The van der Waals surface area contributed by atoms with Gasteiger partial charge in [-0.3, -0.25) is 0 Å². The number of hydrogen-bond donors (Lipinski definition) is 0.